The molecule has 1 atom stereocenters. The lowest BCUT2D eigenvalue weighted by Crippen LogP contribution is -2.30. The summed E-state index contributed by atoms with van der Waals surface area (Å²) in [4.78, 5) is 38.0. The molecule has 0 aliphatic carbocycles. The fraction of sp³-hybridized carbons (Fsp3) is 0.741. The highest BCUT2D eigenvalue weighted by molar-refractivity contribution is 5.71. The Morgan fingerprint density at radius 3 is 1.17 bits per heavy atom. The van der Waals surface area contributed by atoms with Crippen molar-refractivity contribution in [1.82, 2.24) is 0 Å². The van der Waals surface area contributed by atoms with Gasteiger partial charge in [0.25, 0.3) is 0 Å². The van der Waals surface area contributed by atoms with Crippen molar-refractivity contribution in [2.24, 2.45) is 0 Å². The van der Waals surface area contributed by atoms with Crippen LogP contribution >= 0.6 is 0 Å². The van der Waals surface area contributed by atoms with E-state index in [4.69, 9.17) is 14.2 Å². The van der Waals surface area contributed by atoms with E-state index in [9.17, 15) is 14.4 Å². The molecule has 0 aliphatic rings. The first-order valence-electron chi connectivity index (χ1n) is 27.0. The van der Waals surface area contributed by atoms with Crippen LogP contribution in [0.25, 0.3) is 0 Å². The first-order valence-corrected chi connectivity index (χ1v) is 27.0. The molecule has 0 aromatic heterocycles. The zero-order valence-electron chi connectivity index (χ0n) is 42.0. The Morgan fingerprint density at radius 2 is 0.703 bits per heavy atom. The molecule has 0 fully saturated rings. The number of ether oxygens (including phenoxy) is 3. The molecule has 0 heterocycles. The van der Waals surface area contributed by atoms with Crippen molar-refractivity contribution in [1.29, 1.82) is 0 Å². The van der Waals surface area contributed by atoms with E-state index in [-0.39, 0.29) is 37.5 Å². The normalized spacial score (nSPS) is 12.6. The first kappa shape index (κ1) is 60.9. The van der Waals surface area contributed by atoms with Gasteiger partial charge in [0.2, 0.25) is 0 Å². The van der Waals surface area contributed by atoms with Gasteiger partial charge in [0.15, 0.2) is 6.10 Å². The van der Waals surface area contributed by atoms with Crippen LogP contribution in [0.15, 0.2) is 72.9 Å². The van der Waals surface area contributed by atoms with Crippen molar-refractivity contribution in [2.45, 2.75) is 264 Å². The van der Waals surface area contributed by atoms with Gasteiger partial charge >= 0.3 is 17.9 Å². The summed E-state index contributed by atoms with van der Waals surface area (Å²) in [7, 11) is 0. The summed E-state index contributed by atoms with van der Waals surface area (Å²) in [5.41, 5.74) is 0. The largest absolute Gasteiger partial charge is 0.462 e. The monoisotopic (exact) mass is 893 g/mol. The summed E-state index contributed by atoms with van der Waals surface area (Å²) >= 11 is 0. The van der Waals surface area contributed by atoms with Gasteiger partial charge < -0.3 is 14.2 Å². The van der Waals surface area contributed by atoms with Gasteiger partial charge in [-0.15, -0.1) is 0 Å². The lowest BCUT2D eigenvalue weighted by molar-refractivity contribution is -0.166. The average molecular weight is 893 g/mol. The second-order valence-corrected chi connectivity index (χ2v) is 17.8. The van der Waals surface area contributed by atoms with Crippen molar-refractivity contribution in [3.8, 4) is 0 Å². The smallest absolute Gasteiger partial charge is 0.306 e. The summed E-state index contributed by atoms with van der Waals surface area (Å²) < 4.78 is 16.7. The predicted molar refractivity (Wildman–Crippen MR) is 274 cm³/mol. The molecule has 0 saturated heterocycles. The molecule has 6 heteroatoms. The lowest BCUT2D eigenvalue weighted by Gasteiger charge is -2.18. The van der Waals surface area contributed by atoms with Crippen molar-refractivity contribution in [3.63, 3.8) is 0 Å². The Bertz CT molecular complexity index is 1210. The minimum atomic E-state index is -0.807. The van der Waals surface area contributed by atoms with Gasteiger partial charge in [-0.2, -0.15) is 0 Å². The number of allylic oxidation sites excluding steroid dienone is 12. The summed E-state index contributed by atoms with van der Waals surface area (Å²) in [6.07, 6.45) is 66.2. The van der Waals surface area contributed by atoms with Crippen molar-refractivity contribution in [3.05, 3.63) is 72.9 Å². The Labute approximate surface area is 395 Å². The fourth-order valence-corrected chi connectivity index (χ4v) is 7.43. The minimum absolute atomic E-state index is 0.102. The van der Waals surface area contributed by atoms with Gasteiger partial charge in [0, 0.05) is 19.3 Å². The van der Waals surface area contributed by atoms with E-state index in [2.05, 4.69) is 87.6 Å². The number of rotatable bonds is 48. The maximum absolute atomic E-state index is 12.8. The third-order valence-electron chi connectivity index (χ3n) is 11.5. The Hall–Kier alpha value is -3.15. The highest BCUT2D eigenvalue weighted by atomic mass is 16.6. The zero-order valence-corrected chi connectivity index (χ0v) is 42.0. The Balaban J connectivity index is 4.44. The zero-order chi connectivity index (χ0) is 46.5. The SMILES string of the molecule is CC/C=C/C=C/C=C/CCCCCCCCCC(=O)OC(COC(=O)CC/C=C/C/C=C/CCCCCCCC)COC(=O)CCCCCCC/C=C/CCCCCCCCCCC. The minimum Gasteiger partial charge on any atom is -0.462 e. The van der Waals surface area contributed by atoms with E-state index in [0.717, 1.165) is 77.0 Å². The molecule has 0 aromatic rings. The fourth-order valence-electron chi connectivity index (χ4n) is 7.43. The van der Waals surface area contributed by atoms with Crippen LogP contribution in [0.1, 0.15) is 258 Å². The summed E-state index contributed by atoms with van der Waals surface area (Å²) in [5.74, 6) is -0.989. The van der Waals surface area contributed by atoms with E-state index in [1.54, 1.807) is 0 Å². The van der Waals surface area contributed by atoms with E-state index in [0.29, 0.717) is 19.3 Å². The summed E-state index contributed by atoms with van der Waals surface area (Å²) in [6, 6.07) is 0. The molecule has 0 rings (SSSR count). The number of hydrogen-bond acceptors (Lipinski definition) is 6. The third-order valence-corrected chi connectivity index (χ3v) is 11.5. The second-order valence-electron chi connectivity index (χ2n) is 17.8. The molecular formula is C58H100O6. The van der Waals surface area contributed by atoms with Crippen LogP contribution in [0.2, 0.25) is 0 Å². The first-order chi connectivity index (χ1) is 31.5. The van der Waals surface area contributed by atoms with Crippen LogP contribution in [0, 0.1) is 0 Å². The van der Waals surface area contributed by atoms with E-state index in [1.807, 2.05) is 6.08 Å². The van der Waals surface area contributed by atoms with Gasteiger partial charge in [0.1, 0.15) is 13.2 Å². The average Bonchev–Trinajstić information content (AvgIpc) is 3.29. The number of hydrogen-bond donors (Lipinski definition) is 0. The molecule has 1 unspecified atom stereocenters. The van der Waals surface area contributed by atoms with Gasteiger partial charge in [-0.05, 0) is 83.5 Å². The number of carbonyl (C=O) groups excluding carboxylic acids is 3. The molecule has 0 spiro atoms. The lowest BCUT2D eigenvalue weighted by atomic mass is 10.1. The van der Waals surface area contributed by atoms with Crippen LogP contribution in [0.5, 0.6) is 0 Å². The Kier molecular flexibility index (Phi) is 49.9. The van der Waals surface area contributed by atoms with Crippen LogP contribution in [0.4, 0.5) is 0 Å². The van der Waals surface area contributed by atoms with Crippen LogP contribution in [-0.4, -0.2) is 37.2 Å². The molecule has 6 nitrogen and oxygen atoms in total. The molecule has 64 heavy (non-hydrogen) atoms. The maximum Gasteiger partial charge on any atom is 0.306 e. The number of carbonyl (C=O) groups is 3. The summed E-state index contributed by atoms with van der Waals surface area (Å²) in [5, 5.41) is 0. The topological polar surface area (TPSA) is 78.9 Å². The van der Waals surface area contributed by atoms with Gasteiger partial charge in [-0.3, -0.25) is 14.4 Å². The van der Waals surface area contributed by atoms with E-state index >= 15 is 0 Å². The van der Waals surface area contributed by atoms with Crippen LogP contribution in [-0.2, 0) is 28.6 Å². The highest BCUT2D eigenvalue weighted by Gasteiger charge is 2.19. The molecule has 0 radical (unpaired) electrons. The Morgan fingerprint density at radius 1 is 0.344 bits per heavy atom. The summed E-state index contributed by atoms with van der Waals surface area (Å²) in [6.45, 7) is 6.44. The molecule has 0 aliphatic heterocycles. The second kappa shape index (κ2) is 52.5. The third kappa shape index (κ3) is 49.9. The van der Waals surface area contributed by atoms with Crippen molar-refractivity contribution >= 4 is 17.9 Å². The van der Waals surface area contributed by atoms with Crippen molar-refractivity contribution < 1.29 is 28.6 Å². The van der Waals surface area contributed by atoms with Crippen LogP contribution in [0.3, 0.4) is 0 Å². The van der Waals surface area contributed by atoms with Crippen molar-refractivity contribution in [2.75, 3.05) is 13.2 Å². The molecule has 368 valence electrons. The highest BCUT2D eigenvalue weighted by Crippen LogP contribution is 2.14. The predicted octanol–water partition coefficient (Wildman–Crippen LogP) is 17.8. The van der Waals surface area contributed by atoms with Crippen LogP contribution < -0.4 is 0 Å². The number of esters is 3. The molecule has 0 N–H and O–H groups in total. The standard InChI is InChI=1S/C58H100O6/c1-4-7-10-13-16-19-22-25-27-28-29-31-33-36-39-42-45-48-51-57(60)63-54-55(53-62-56(59)50-47-44-41-38-35-32-24-21-18-15-12-9-6-3)64-58(61)52-49-46-43-40-37-34-30-26-23-20-17-14-11-8-5-2/h8,11,14,17,20,23,29,31-32,35,41,44,55H,4-7,9-10,12-13,15-16,18-19,21-22,24-28,30,33-34,36-40,42-43,45-54H2,1-3H3/b11-8+,17-14+,23-20+,31-29+,35-32+,44-41+. The van der Waals surface area contributed by atoms with E-state index < -0.39 is 6.10 Å². The molecule has 0 bridgehead atoms. The quantitative estimate of drug-likeness (QED) is 0.0199. The number of unbranched alkanes of at least 4 members (excludes halogenated alkanes) is 27. The molecule has 0 saturated carbocycles. The van der Waals surface area contributed by atoms with Gasteiger partial charge in [-0.1, -0.05) is 229 Å². The van der Waals surface area contributed by atoms with E-state index in [1.165, 1.54) is 135 Å². The maximum atomic E-state index is 12.8. The van der Waals surface area contributed by atoms with Gasteiger partial charge in [-0.25, -0.2) is 0 Å². The molecule has 0 aromatic carbocycles. The van der Waals surface area contributed by atoms with Gasteiger partial charge in [0.05, 0.1) is 0 Å². The molecular weight excluding hydrogens is 793 g/mol. The molecule has 0 amide bonds.